The Labute approximate surface area is 114 Å². The maximum atomic E-state index is 14.3. The number of benzene rings is 1. The summed E-state index contributed by atoms with van der Waals surface area (Å²) in [5.74, 6) is -7.06. The van der Waals surface area contributed by atoms with E-state index in [2.05, 4.69) is 9.47 Å². The average molecular weight is 288 g/mol. The number of halogens is 2. The summed E-state index contributed by atoms with van der Waals surface area (Å²) in [4.78, 5) is 22.4. The lowest BCUT2D eigenvalue weighted by molar-refractivity contribution is -0.195. The van der Waals surface area contributed by atoms with Crippen molar-refractivity contribution >= 4 is 11.9 Å². The molecule has 1 N–H and O–H groups in total. The highest BCUT2D eigenvalue weighted by atomic mass is 19.3. The SMILES string of the molecule is CCOC(=O)C(OC(C)=O)C(F)(F)c1ccccc1O. The van der Waals surface area contributed by atoms with Crippen LogP contribution < -0.4 is 0 Å². The number of carbonyl (C=O) groups excluding carboxylic acids is 2. The number of phenolic OH excluding ortho intramolecular Hbond substituents is 1. The van der Waals surface area contributed by atoms with Crippen LogP contribution in [0.5, 0.6) is 5.75 Å². The Hall–Kier alpha value is -2.18. The monoisotopic (exact) mass is 288 g/mol. The molecule has 0 radical (unpaired) electrons. The fourth-order valence-corrected chi connectivity index (χ4v) is 1.55. The molecule has 0 saturated carbocycles. The van der Waals surface area contributed by atoms with Crippen LogP contribution in [0, 0.1) is 0 Å². The molecule has 0 bridgehead atoms. The number of rotatable bonds is 5. The Morgan fingerprint density at radius 3 is 2.45 bits per heavy atom. The molecule has 1 atom stereocenters. The standard InChI is InChI=1S/C13H14F2O5/c1-3-19-12(18)11(20-8(2)16)13(14,15)9-6-4-5-7-10(9)17/h4-7,11,17H,3H2,1-2H3. The van der Waals surface area contributed by atoms with Gasteiger partial charge < -0.3 is 14.6 Å². The summed E-state index contributed by atoms with van der Waals surface area (Å²) >= 11 is 0. The first-order chi connectivity index (χ1) is 9.30. The van der Waals surface area contributed by atoms with Gasteiger partial charge in [0.2, 0.25) is 0 Å². The predicted octanol–water partition coefficient (Wildman–Crippen LogP) is 1.98. The highest BCUT2D eigenvalue weighted by Gasteiger charge is 2.51. The summed E-state index contributed by atoms with van der Waals surface area (Å²) in [6.45, 7) is 2.18. The number of esters is 2. The van der Waals surface area contributed by atoms with Crippen LogP contribution in [0.4, 0.5) is 8.78 Å². The van der Waals surface area contributed by atoms with E-state index in [1.807, 2.05) is 0 Å². The maximum absolute atomic E-state index is 14.3. The number of ether oxygens (including phenoxy) is 2. The van der Waals surface area contributed by atoms with Gasteiger partial charge in [0.15, 0.2) is 0 Å². The van der Waals surface area contributed by atoms with Crippen LogP contribution >= 0.6 is 0 Å². The second-order valence-electron chi connectivity index (χ2n) is 3.88. The van der Waals surface area contributed by atoms with Crippen LogP contribution in [0.1, 0.15) is 19.4 Å². The molecule has 1 aromatic carbocycles. The van der Waals surface area contributed by atoms with Crippen molar-refractivity contribution in [2.24, 2.45) is 0 Å². The van der Waals surface area contributed by atoms with Crippen molar-refractivity contribution in [3.05, 3.63) is 29.8 Å². The molecule has 1 unspecified atom stereocenters. The predicted molar refractivity (Wildman–Crippen MR) is 64.2 cm³/mol. The molecule has 0 aromatic heterocycles. The molecule has 1 rings (SSSR count). The molecular formula is C13H14F2O5. The third-order valence-corrected chi connectivity index (χ3v) is 2.38. The number of phenols is 1. The molecule has 7 heteroatoms. The highest BCUT2D eigenvalue weighted by Crippen LogP contribution is 2.39. The van der Waals surface area contributed by atoms with E-state index in [0.717, 1.165) is 19.1 Å². The highest BCUT2D eigenvalue weighted by molar-refractivity contribution is 5.80. The van der Waals surface area contributed by atoms with Gasteiger partial charge in [0.25, 0.3) is 6.10 Å². The molecule has 5 nitrogen and oxygen atoms in total. The molecule has 0 fully saturated rings. The molecular weight excluding hydrogens is 274 g/mol. The number of para-hydroxylation sites is 1. The van der Waals surface area contributed by atoms with Crippen molar-refractivity contribution in [3.8, 4) is 5.75 Å². The van der Waals surface area contributed by atoms with Crippen molar-refractivity contribution in [3.63, 3.8) is 0 Å². The fraction of sp³-hybridized carbons (Fsp3) is 0.385. The van der Waals surface area contributed by atoms with Crippen LogP contribution in [0.15, 0.2) is 24.3 Å². The summed E-state index contributed by atoms with van der Waals surface area (Å²) in [5, 5.41) is 9.47. The summed E-state index contributed by atoms with van der Waals surface area (Å²) in [6.07, 6.45) is -2.45. The molecule has 110 valence electrons. The molecule has 1 aromatic rings. The summed E-state index contributed by atoms with van der Waals surface area (Å²) in [5.41, 5.74) is -0.820. The van der Waals surface area contributed by atoms with Crippen molar-refractivity contribution in [1.82, 2.24) is 0 Å². The number of alkyl halides is 2. The van der Waals surface area contributed by atoms with Gasteiger partial charge in [-0.2, -0.15) is 8.78 Å². The quantitative estimate of drug-likeness (QED) is 0.839. The van der Waals surface area contributed by atoms with Gasteiger partial charge >= 0.3 is 17.9 Å². The van der Waals surface area contributed by atoms with Crippen LogP contribution in [0.2, 0.25) is 0 Å². The van der Waals surface area contributed by atoms with Crippen LogP contribution in [-0.2, 0) is 25.0 Å². The van der Waals surface area contributed by atoms with Gasteiger partial charge in [-0.3, -0.25) is 4.79 Å². The van der Waals surface area contributed by atoms with Gasteiger partial charge in [-0.05, 0) is 19.1 Å². The first kappa shape index (κ1) is 15.9. The fourth-order valence-electron chi connectivity index (χ4n) is 1.55. The minimum absolute atomic E-state index is 0.145. The average Bonchev–Trinajstić information content (AvgIpc) is 2.36. The first-order valence-electron chi connectivity index (χ1n) is 5.80. The topological polar surface area (TPSA) is 72.8 Å². The van der Waals surface area contributed by atoms with E-state index in [9.17, 15) is 23.5 Å². The molecule has 0 saturated heterocycles. The Morgan fingerprint density at radius 1 is 1.35 bits per heavy atom. The van der Waals surface area contributed by atoms with E-state index in [1.165, 1.54) is 19.1 Å². The third kappa shape index (κ3) is 3.43. The minimum atomic E-state index is -3.91. The Bertz CT molecular complexity index is 501. The lowest BCUT2D eigenvalue weighted by Gasteiger charge is -2.25. The van der Waals surface area contributed by atoms with Gasteiger partial charge in [-0.25, -0.2) is 4.79 Å². The van der Waals surface area contributed by atoms with Crippen molar-refractivity contribution in [2.45, 2.75) is 25.9 Å². The lowest BCUT2D eigenvalue weighted by Crippen LogP contribution is -2.42. The van der Waals surface area contributed by atoms with Crippen LogP contribution in [0.25, 0.3) is 0 Å². The van der Waals surface area contributed by atoms with E-state index < -0.39 is 35.3 Å². The number of aromatic hydroxyl groups is 1. The van der Waals surface area contributed by atoms with E-state index in [4.69, 9.17) is 0 Å². The van der Waals surface area contributed by atoms with Crippen molar-refractivity contribution in [2.75, 3.05) is 6.61 Å². The Kier molecular flexibility index (Phi) is 5.01. The van der Waals surface area contributed by atoms with Gasteiger partial charge in [-0.15, -0.1) is 0 Å². The normalized spacial score (nSPS) is 12.6. The zero-order chi connectivity index (χ0) is 15.3. The van der Waals surface area contributed by atoms with Crippen LogP contribution in [-0.4, -0.2) is 29.8 Å². The zero-order valence-corrected chi connectivity index (χ0v) is 10.9. The Morgan fingerprint density at radius 2 is 1.95 bits per heavy atom. The minimum Gasteiger partial charge on any atom is -0.507 e. The first-order valence-corrected chi connectivity index (χ1v) is 5.80. The second-order valence-corrected chi connectivity index (χ2v) is 3.88. The largest absolute Gasteiger partial charge is 0.507 e. The van der Waals surface area contributed by atoms with Crippen LogP contribution in [0.3, 0.4) is 0 Å². The van der Waals surface area contributed by atoms with Gasteiger partial charge in [0.1, 0.15) is 5.75 Å². The van der Waals surface area contributed by atoms with Gasteiger partial charge in [-0.1, -0.05) is 12.1 Å². The van der Waals surface area contributed by atoms with Crippen molar-refractivity contribution < 1.29 is 33.0 Å². The molecule has 0 aliphatic carbocycles. The number of carbonyl (C=O) groups is 2. The summed E-state index contributed by atoms with van der Waals surface area (Å²) in [7, 11) is 0. The van der Waals surface area contributed by atoms with Gasteiger partial charge in [0.05, 0.1) is 12.2 Å². The maximum Gasteiger partial charge on any atom is 0.354 e. The third-order valence-electron chi connectivity index (χ3n) is 2.38. The van der Waals surface area contributed by atoms with E-state index >= 15 is 0 Å². The summed E-state index contributed by atoms with van der Waals surface area (Å²) in [6, 6.07) is 4.59. The zero-order valence-electron chi connectivity index (χ0n) is 10.9. The van der Waals surface area contributed by atoms with E-state index in [-0.39, 0.29) is 6.61 Å². The van der Waals surface area contributed by atoms with E-state index in [1.54, 1.807) is 0 Å². The lowest BCUT2D eigenvalue weighted by atomic mass is 10.0. The smallest absolute Gasteiger partial charge is 0.354 e. The second kappa shape index (κ2) is 6.31. The molecule has 0 amide bonds. The van der Waals surface area contributed by atoms with E-state index in [0.29, 0.717) is 0 Å². The molecule has 20 heavy (non-hydrogen) atoms. The molecule has 0 aliphatic heterocycles. The Balaban J connectivity index is 3.19. The molecule has 0 spiro atoms. The number of hydrogen-bond acceptors (Lipinski definition) is 5. The van der Waals surface area contributed by atoms with Gasteiger partial charge in [0, 0.05) is 6.92 Å². The number of hydrogen-bond donors (Lipinski definition) is 1. The summed E-state index contributed by atoms with van der Waals surface area (Å²) < 4.78 is 37.4. The molecule has 0 heterocycles. The van der Waals surface area contributed by atoms with Crippen molar-refractivity contribution in [1.29, 1.82) is 0 Å². The molecule has 0 aliphatic rings.